The maximum Gasteiger partial charge on any atom is 0.230 e. The molecule has 0 aliphatic carbocycles. The topological polar surface area (TPSA) is 46.3 Å². The number of halogens is 1. The Labute approximate surface area is 121 Å². The fourth-order valence-electron chi connectivity index (χ4n) is 2.67. The molecule has 3 nitrogen and oxygen atoms in total. The van der Waals surface area contributed by atoms with E-state index in [-0.39, 0.29) is 30.3 Å². The minimum absolute atomic E-state index is 0. The van der Waals surface area contributed by atoms with Gasteiger partial charge in [0.05, 0.1) is 5.92 Å². The van der Waals surface area contributed by atoms with Crippen LogP contribution in [0.15, 0.2) is 30.3 Å². The summed E-state index contributed by atoms with van der Waals surface area (Å²) in [7, 11) is 0. The van der Waals surface area contributed by atoms with Gasteiger partial charge in [-0.15, -0.1) is 12.4 Å². The standard InChI is InChI=1S/C15H22N2O.ClH/c1-2-14(12-7-4-3-5-8-12)15(18)17-10-6-9-13(16)11-17;/h3-5,7-8,13-14H,2,6,9-11,16H2,1H3;1H/t13-,14?;/m1./s1. The minimum Gasteiger partial charge on any atom is -0.341 e. The van der Waals surface area contributed by atoms with Crippen LogP contribution in [0.4, 0.5) is 0 Å². The molecule has 1 aliphatic heterocycles. The number of nitrogens with two attached hydrogens (primary N) is 1. The molecule has 1 unspecified atom stereocenters. The Morgan fingerprint density at radius 1 is 1.42 bits per heavy atom. The number of likely N-dealkylation sites (tertiary alicyclic amines) is 1. The van der Waals surface area contributed by atoms with Crippen molar-refractivity contribution in [2.75, 3.05) is 13.1 Å². The first-order valence-corrected chi connectivity index (χ1v) is 6.81. The monoisotopic (exact) mass is 282 g/mol. The highest BCUT2D eigenvalue weighted by molar-refractivity contribution is 5.85. The zero-order valence-electron chi connectivity index (χ0n) is 11.4. The number of hydrogen-bond donors (Lipinski definition) is 1. The van der Waals surface area contributed by atoms with Gasteiger partial charge in [-0.3, -0.25) is 4.79 Å². The van der Waals surface area contributed by atoms with Crippen molar-refractivity contribution in [1.29, 1.82) is 0 Å². The van der Waals surface area contributed by atoms with Gasteiger partial charge in [0.1, 0.15) is 0 Å². The molecule has 1 saturated heterocycles. The predicted octanol–water partition coefficient (Wildman–Crippen LogP) is 2.55. The van der Waals surface area contributed by atoms with E-state index in [0.717, 1.165) is 31.4 Å². The van der Waals surface area contributed by atoms with E-state index < -0.39 is 0 Å². The molecule has 1 aromatic rings. The molecule has 2 rings (SSSR count). The molecule has 19 heavy (non-hydrogen) atoms. The molecule has 1 heterocycles. The largest absolute Gasteiger partial charge is 0.341 e. The lowest BCUT2D eigenvalue weighted by Gasteiger charge is -2.33. The molecule has 0 spiro atoms. The Morgan fingerprint density at radius 2 is 2.11 bits per heavy atom. The van der Waals surface area contributed by atoms with E-state index in [1.54, 1.807) is 0 Å². The summed E-state index contributed by atoms with van der Waals surface area (Å²) >= 11 is 0. The second-order valence-electron chi connectivity index (χ2n) is 5.06. The molecule has 106 valence electrons. The van der Waals surface area contributed by atoms with Crippen LogP contribution in [0.25, 0.3) is 0 Å². The van der Waals surface area contributed by atoms with E-state index >= 15 is 0 Å². The Balaban J connectivity index is 0.00000180. The molecule has 4 heteroatoms. The van der Waals surface area contributed by atoms with Crippen molar-refractivity contribution in [3.05, 3.63) is 35.9 Å². The Kier molecular flexibility index (Phi) is 6.32. The highest BCUT2D eigenvalue weighted by Crippen LogP contribution is 2.23. The normalized spacial score (nSPS) is 20.5. The van der Waals surface area contributed by atoms with Crippen LogP contribution >= 0.6 is 12.4 Å². The molecule has 0 bridgehead atoms. The van der Waals surface area contributed by atoms with Crippen LogP contribution in [-0.4, -0.2) is 29.9 Å². The Hall–Kier alpha value is -1.06. The number of benzene rings is 1. The summed E-state index contributed by atoms with van der Waals surface area (Å²) in [4.78, 5) is 14.5. The second-order valence-corrected chi connectivity index (χ2v) is 5.06. The van der Waals surface area contributed by atoms with E-state index in [9.17, 15) is 4.79 Å². The Morgan fingerprint density at radius 3 is 2.68 bits per heavy atom. The molecule has 1 aromatic carbocycles. The summed E-state index contributed by atoms with van der Waals surface area (Å²) in [6, 6.07) is 10.2. The molecule has 0 aromatic heterocycles. The van der Waals surface area contributed by atoms with E-state index in [0.29, 0.717) is 6.54 Å². The van der Waals surface area contributed by atoms with Crippen LogP contribution in [0.3, 0.4) is 0 Å². The molecular formula is C15H23ClN2O. The minimum atomic E-state index is -0.0171. The molecule has 0 radical (unpaired) electrons. The van der Waals surface area contributed by atoms with Gasteiger partial charge in [-0.1, -0.05) is 37.3 Å². The third-order valence-corrected chi connectivity index (χ3v) is 3.68. The van der Waals surface area contributed by atoms with Crippen molar-refractivity contribution in [1.82, 2.24) is 4.90 Å². The van der Waals surface area contributed by atoms with Gasteiger partial charge in [0.25, 0.3) is 0 Å². The number of hydrogen-bond acceptors (Lipinski definition) is 2. The van der Waals surface area contributed by atoms with Gasteiger partial charge in [-0.05, 0) is 24.8 Å². The predicted molar refractivity (Wildman–Crippen MR) is 80.5 cm³/mol. The highest BCUT2D eigenvalue weighted by atomic mass is 35.5. The zero-order valence-corrected chi connectivity index (χ0v) is 12.2. The number of nitrogens with zero attached hydrogens (tertiary/aromatic N) is 1. The lowest BCUT2D eigenvalue weighted by Crippen LogP contribution is -2.47. The van der Waals surface area contributed by atoms with Crippen LogP contribution in [0.1, 0.15) is 37.7 Å². The lowest BCUT2D eigenvalue weighted by molar-refractivity contribution is -0.134. The number of carbonyl (C=O) groups is 1. The molecule has 1 amide bonds. The summed E-state index contributed by atoms with van der Waals surface area (Å²) in [5, 5.41) is 0. The third-order valence-electron chi connectivity index (χ3n) is 3.68. The molecule has 1 aliphatic rings. The van der Waals surface area contributed by atoms with Crippen LogP contribution in [0.5, 0.6) is 0 Å². The van der Waals surface area contributed by atoms with Gasteiger partial charge in [0.2, 0.25) is 5.91 Å². The van der Waals surface area contributed by atoms with Crippen molar-refractivity contribution in [2.24, 2.45) is 5.73 Å². The van der Waals surface area contributed by atoms with Crippen molar-refractivity contribution < 1.29 is 4.79 Å². The van der Waals surface area contributed by atoms with Gasteiger partial charge in [-0.2, -0.15) is 0 Å². The van der Waals surface area contributed by atoms with Gasteiger partial charge in [0, 0.05) is 19.1 Å². The smallest absolute Gasteiger partial charge is 0.230 e. The average molecular weight is 283 g/mol. The van der Waals surface area contributed by atoms with Crippen LogP contribution < -0.4 is 5.73 Å². The summed E-state index contributed by atoms with van der Waals surface area (Å²) in [5.74, 6) is 0.218. The van der Waals surface area contributed by atoms with E-state index in [2.05, 4.69) is 6.92 Å². The number of rotatable bonds is 3. The van der Waals surface area contributed by atoms with E-state index in [4.69, 9.17) is 5.73 Å². The number of amides is 1. The van der Waals surface area contributed by atoms with E-state index in [1.807, 2.05) is 35.2 Å². The van der Waals surface area contributed by atoms with Crippen LogP contribution in [-0.2, 0) is 4.79 Å². The van der Waals surface area contributed by atoms with Crippen molar-refractivity contribution in [3.63, 3.8) is 0 Å². The quantitative estimate of drug-likeness (QED) is 0.926. The summed E-state index contributed by atoms with van der Waals surface area (Å²) in [5.41, 5.74) is 7.06. The van der Waals surface area contributed by atoms with Crippen LogP contribution in [0, 0.1) is 0 Å². The SMILES string of the molecule is CCC(C(=O)N1CCC[C@@H](N)C1)c1ccccc1.Cl. The maximum absolute atomic E-state index is 12.5. The summed E-state index contributed by atoms with van der Waals surface area (Å²) in [6.07, 6.45) is 2.90. The first kappa shape index (κ1) is 16.0. The third kappa shape index (κ3) is 3.95. The second kappa shape index (κ2) is 7.51. The van der Waals surface area contributed by atoms with Crippen molar-refractivity contribution >= 4 is 18.3 Å². The maximum atomic E-state index is 12.5. The van der Waals surface area contributed by atoms with E-state index in [1.165, 1.54) is 0 Å². The molecule has 2 atom stereocenters. The molecule has 0 saturated carbocycles. The number of piperidine rings is 1. The fraction of sp³-hybridized carbons (Fsp3) is 0.533. The van der Waals surface area contributed by atoms with Crippen LogP contribution in [0.2, 0.25) is 0 Å². The zero-order chi connectivity index (χ0) is 13.0. The first-order valence-electron chi connectivity index (χ1n) is 6.81. The lowest BCUT2D eigenvalue weighted by atomic mass is 9.94. The van der Waals surface area contributed by atoms with Gasteiger partial charge in [-0.25, -0.2) is 0 Å². The molecular weight excluding hydrogens is 260 g/mol. The number of carbonyl (C=O) groups excluding carboxylic acids is 1. The van der Waals surface area contributed by atoms with Gasteiger partial charge >= 0.3 is 0 Å². The van der Waals surface area contributed by atoms with Crippen molar-refractivity contribution in [2.45, 2.75) is 38.1 Å². The fourth-order valence-corrected chi connectivity index (χ4v) is 2.67. The first-order chi connectivity index (χ1) is 8.72. The molecule has 1 fully saturated rings. The summed E-state index contributed by atoms with van der Waals surface area (Å²) in [6.45, 7) is 3.64. The Bertz CT molecular complexity index is 396. The van der Waals surface area contributed by atoms with Gasteiger partial charge in [0.15, 0.2) is 0 Å². The summed E-state index contributed by atoms with van der Waals surface area (Å²) < 4.78 is 0. The van der Waals surface area contributed by atoms with Crippen molar-refractivity contribution in [3.8, 4) is 0 Å². The highest BCUT2D eigenvalue weighted by Gasteiger charge is 2.27. The molecule has 2 N–H and O–H groups in total. The average Bonchev–Trinajstić information content (AvgIpc) is 2.41. The van der Waals surface area contributed by atoms with Gasteiger partial charge < -0.3 is 10.6 Å².